The number of carbonyl (C=O) groups is 2. The first kappa shape index (κ1) is 25.1. The normalized spacial score (nSPS) is 11.5. The molecule has 0 radical (unpaired) electrons. The number of hydrogen-bond donors (Lipinski definition) is 3. The minimum Gasteiger partial charge on any atom is -0.350 e. The highest BCUT2D eigenvalue weighted by Crippen LogP contribution is 2.27. The van der Waals surface area contributed by atoms with Gasteiger partial charge in [-0.05, 0) is 48.5 Å². The van der Waals surface area contributed by atoms with Crippen molar-refractivity contribution < 1.29 is 22.8 Å². The summed E-state index contributed by atoms with van der Waals surface area (Å²) in [6, 6.07) is 11.7. The van der Waals surface area contributed by atoms with Crippen LogP contribution in [0.4, 0.5) is 24.7 Å². The molecule has 11 heteroatoms. The quantitative estimate of drug-likeness (QED) is 0.434. The highest BCUT2D eigenvalue weighted by atomic mass is 19.4. The Morgan fingerprint density at radius 2 is 1.69 bits per heavy atom. The third kappa shape index (κ3) is 6.73. The maximum atomic E-state index is 13.5. The van der Waals surface area contributed by atoms with E-state index in [0.29, 0.717) is 11.6 Å². The number of anilines is 2. The molecule has 3 N–H and O–H groups in total. The Labute approximate surface area is 199 Å². The van der Waals surface area contributed by atoms with Crippen molar-refractivity contribution in [3.8, 4) is 0 Å². The smallest absolute Gasteiger partial charge is 0.350 e. The van der Waals surface area contributed by atoms with Crippen molar-refractivity contribution in [1.82, 2.24) is 14.9 Å². The molecular formula is C24H21F3N6O2. The van der Waals surface area contributed by atoms with E-state index in [1.807, 2.05) is 0 Å². The van der Waals surface area contributed by atoms with Crippen LogP contribution in [0.1, 0.15) is 26.3 Å². The van der Waals surface area contributed by atoms with Crippen molar-refractivity contribution in [3.63, 3.8) is 0 Å². The lowest BCUT2D eigenvalue weighted by Gasteiger charge is -2.15. The minimum absolute atomic E-state index is 0.00383. The molecule has 180 valence electrons. The largest absolute Gasteiger partial charge is 0.431 e. The molecule has 0 aliphatic rings. The molecule has 0 unspecified atom stereocenters. The molecule has 0 aliphatic heterocycles. The Hall–Kier alpha value is -4.54. The number of carbonyl (C=O) groups excluding carboxylic acids is 2. The maximum absolute atomic E-state index is 13.5. The van der Waals surface area contributed by atoms with E-state index in [-0.39, 0.29) is 34.3 Å². The van der Waals surface area contributed by atoms with Crippen molar-refractivity contribution in [2.24, 2.45) is 0 Å². The summed E-state index contributed by atoms with van der Waals surface area (Å²) >= 11 is 0. The average Bonchev–Trinajstić information content (AvgIpc) is 2.84. The van der Waals surface area contributed by atoms with Gasteiger partial charge in [0.05, 0.1) is 17.6 Å². The van der Waals surface area contributed by atoms with Crippen LogP contribution in [0.2, 0.25) is 0 Å². The van der Waals surface area contributed by atoms with E-state index in [0.717, 1.165) is 6.20 Å². The predicted molar refractivity (Wildman–Crippen MR) is 125 cm³/mol. The number of amides is 2. The highest BCUT2D eigenvalue weighted by molar-refractivity contribution is 6.07. The van der Waals surface area contributed by atoms with Crippen LogP contribution in [0.25, 0.3) is 0 Å². The van der Waals surface area contributed by atoms with Crippen LogP contribution >= 0.6 is 0 Å². The van der Waals surface area contributed by atoms with Crippen molar-refractivity contribution >= 4 is 29.0 Å². The van der Waals surface area contributed by atoms with Gasteiger partial charge in [0.2, 0.25) is 0 Å². The summed E-state index contributed by atoms with van der Waals surface area (Å²) < 4.78 is 40.5. The van der Waals surface area contributed by atoms with Crippen LogP contribution in [0.15, 0.2) is 78.9 Å². The number of nitrogens with zero attached hydrogens (tertiary/aromatic N) is 3. The van der Waals surface area contributed by atoms with E-state index in [4.69, 9.17) is 5.41 Å². The van der Waals surface area contributed by atoms with E-state index in [2.05, 4.69) is 20.6 Å². The second kappa shape index (κ2) is 10.6. The van der Waals surface area contributed by atoms with E-state index in [1.165, 1.54) is 53.7 Å². The number of hydrogen-bond acceptors (Lipinski definition) is 6. The third-order valence-corrected chi connectivity index (χ3v) is 4.63. The molecule has 0 saturated heterocycles. The summed E-state index contributed by atoms with van der Waals surface area (Å²) in [4.78, 5) is 33.8. The van der Waals surface area contributed by atoms with E-state index in [9.17, 15) is 22.8 Å². The summed E-state index contributed by atoms with van der Waals surface area (Å²) in [5, 5.41) is 12.7. The molecule has 8 nitrogen and oxygen atoms in total. The number of halogens is 3. The number of nitrogens with one attached hydrogen (secondary N) is 3. The van der Waals surface area contributed by atoms with Gasteiger partial charge < -0.3 is 20.9 Å². The van der Waals surface area contributed by atoms with Crippen molar-refractivity contribution in [3.05, 3.63) is 95.6 Å². The number of allylic oxidation sites excluding steroid dienone is 2. The standard InChI is InChI=1S/C24H21F3N6O2/c1-33(2)23(35)16-6-3-5-15(11-16)22(34)32-21-9-8-18(14-30-21)31-20(24(25,26)27)12-19(28)17-7-4-10-29-13-17/h3-14,28,31H,1-2H3,(H,30,32,34)/b20-12-,28-19?. The van der Waals surface area contributed by atoms with E-state index in [1.54, 1.807) is 26.2 Å². The van der Waals surface area contributed by atoms with Crippen LogP contribution in [0.3, 0.4) is 0 Å². The monoisotopic (exact) mass is 482 g/mol. The van der Waals surface area contributed by atoms with E-state index >= 15 is 0 Å². The molecule has 0 aliphatic carbocycles. The average molecular weight is 482 g/mol. The fraction of sp³-hybridized carbons (Fsp3) is 0.125. The fourth-order valence-corrected chi connectivity index (χ4v) is 2.88. The van der Waals surface area contributed by atoms with Crippen LogP contribution in [0, 0.1) is 5.41 Å². The first-order valence-corrected chi connectivity index (χ1v) is 10.2. The highest BCUT2D eigenvalue weighted by Gasteiger charge is 2.34. The number of aromatic nitrogens is 2. The Morgan fingerprint density at radius 1 is 0.971 bits per heavy atom. The molecule has 0 bridgehead atoms. The summed E-state index contributed by atoms with van der Waals surface area (Å²) in [6.07, 6.45) is -0.229. The molecule has 1 aromatic carbocycles. The topological polar surface area (TPSA) is 111 Å². The Balaban J connectivity index is 1.73. The van der Waals surface area contributed by atoms with Crippen LogP contribution < -0.4 is 10.6 Å². The second-order valence-corrected chi connectivity index (χ2v) is 7.50. The van der Waals surface area contributed by atoms with Gasteiger partial charge in [-0.1, -0.05) is 6.07 Å². The molecule has 35 heavy (non-hydrogen) atoms. The molecule has 3 aromatic rings. The predicted octanol–water partition coefficient (Wildman–Crippen LogP) is 4.36. The van der Waals surface area contributed by atoms with Crippen molar-refractivity contribution in [2.75, 3.05) is 24.7 Å². The van der Waals surface area contributed by atoms with Gasteiger partial charge in [-0.2, -0.15) is 13.2 Å². The first-order chi connectivity index (χ1) is 16.5. The Morgan fingerprint density at radius 3 is 2.29 bits per heavy atom. The van der Waals surface area contributed by atoms with Gasteiger partial charge in [-0.3, -0.25) is 14.6 Å². The fourth-order valence-electron chi connectivity index (χ4n) is 2.88. The summed E-state index contributed by atoms with van der Waals surface area (Å²) in [6.45, 7) is 0. The van der Waals surface area contributed by atoms with Crippen molar-refractivity contribution in [1.29, 1.82) is 5.41 Å². The van der Waals surface area contributed by atoms with Crippen LogP contribution in [0.5, 0.6) is 0 Å². The Bertz CT molecular complexity index is 1260. The number of rotatable bonds is 7. The molecule has 0 fully saturated rings. The number of pyridine rings is 2. The lowest BCUT2D eigenvalue weighted by Crippen LogP contribution is -2.22. The number of benzene rings is 1. The second-order valence-electron chi connectivity index (χ2n) is 7.50. The third-order valence-electron chi connectivity index (χ3n) is 4.63. The zero-order valence-corrected chi connectivity index (χ0v) is 18.7. The molecule has 0 atom stereocenters. The van der Waals surface area contributed by atoms with Gasteiger partial charge in [0.25, 0.3) is 11.8 Å². The SMILES string of the molecule is CN(C)C(=O)c1cccc(C(=O)Nc2ccc(N/C(=C\C(=N)c3cccnc3)C(F)(F)F)cn2)c1. The molecular weight excluding hydrogens is 461 g/mol. The van der Waals surface area contributed by atoms with Crippen LogP contribution in [-0.4, -0.2) is 52.7 Å². The lowest BCUT2D eigenvalue weighted by molar-refractivity contribution is -0.0901. The van der Waals surface area contributed by atoms with Gasteiger partial charge in [0, 0.05) is 43.2 Å². The van der Waals surface area contributed by atoms with Crippen molar-refractivity contribution in [2.45, 2.75) is 6.18 Å². The maximum Gasteiger partial charge on any atom is 0.431 e. The first-order valence-electron chi connectivity index (χ1n) is 10.2. The van der Waals surface area contributed by atoms with Crippen LogP contribution in [-0.2, 0) is 0 Å². The molecule has 2 amide bonds. The molecule has 0 spiro atoms. The summed E-state index contributed by atoms with van der Waals surface area (Å²) in [7, 11) is 3.19. The van der Waals surface area contributed by atoms with Gasteiger partial charge in [-0.15, -0.1) is 0 Å². The summed E-state index contributed by atoms with van der Waals surface area (Å²) in [5.74, 6) is -0.698. The van der Waals surface area contributed by atoms with Gasteiger partial charge in [0.15, 0.2) is 0 Å². The van der Waals surface area contributed by atoms with Gasteiger partial charge >= 0.3 is 6.18 Å². The lowest BCUT2D eigenvalue weighted by atomic mass is 10.1. The molecule has 0 saturated carbocycles. The molecule has 2 heterocycles. The Kier molecular flexibility index (Phi) is 7.59. The summed E-state index contributed by atoms with van der Waals surface area (Å²) in [5.41, 5.74) is -0.749. The van der Waals surface area contributed by atoms with E-state index < -0.39 is 17.8 Å². The van der Waals surface area contributed by atoms with Gasteiger partial charge in [-0.25, -0.2) is 4.98 Å². The molecule has 2 aromatic heterocycles. The zero-order valence-electron chi connectivity index (χ0n) is 18.7. The molecule has 3 rings (SSSR count). The number of alkyl halides is 3. The minimum atomic E-state index is -4.75. The zero-order chi connectivity index (χ0) is 25.6. The van der Waals surface area contributed by atoms with Gasteiger partial charge in [0.1, 0.15) is 11.5 Å².